The molecule has 0 aliphatic carbocycles. The molecule has 0 fully saturated rings. The molecule has 0 amide bonds. The molecule has 0 aliphatic heterocycles. The summed E-state index contributed by atoms with van der Waals surface area (Å²) in [7, 11) is 0. The lowest BCUT2D eigenvalue weighted by Gasteiger charge is -1.98. The van der Waals surface area contributed by atoms with Crippen molar-refractivity contribution in [1.29, 1.82) is 0 Å². The Kier molecular flexibility index (Phi) is 3.85. The molecular formula is C7H10ClFN2. The van der Waals surface area contributed by atoms with Crippen LogP contribution in [0.1, 0.15) is 5.56 Å². The van der Waals surface area contributed by atoms with Gasteiger partial charge in [-0.3, -0.25) is 0 Å². The van der Waals surface area contributed by atoms with Gasteiger partial charge in [-0.2, -0.15) is 0 Å². The van der Waals surface area contributed by atoms with Crippen LogP contribution in [-0.2, 0) is 6.54 Å². The van der Waals surface area contributed by atoms with Gasteiger partial charge >= 0.3 is 0 Å². The molecule has 11 heavy (non-hydrogen) atoms. The second-order valence-corrected chi connectivity index (χ2v) is 2.05. The molecule has 2 nitrogen and oxygen atoms in total. The number of nitrogen functional groups attached to an aromatic ring is 1. The lowest BCUT2D eigenvalue weighted by Crippen LogP contribution is -2.00. The summed E-state index contributed by atoms with van der Waals surface area (Å²) in [6.45, 7) is 0.214. The Hall–Kier alpha value is -0.800. The molecule has 0 aromatic heterocycles. The highest BCUT2D eigenvalue weighted by Crippen LogP contribution is 2.10. The smallest absolute Gasteiger partial charge is 0.129 e. The predicted octanol–water partition coefficient (Wildman–Crippen LogP) is 1.29. The summed E-state index contributed by atoms with van der Waals surface area (Å²) in [5.41, 5.74) is 11.4. The predicted molar refractivity (Wildman–Crippen MR) is 46.0 cm³/mol. The summed E-state index contributed by atoms with van der Waals surface area (Å²) in [4.78, 5) is 0. The van der Waals surface area contributed by atoms with Crippen LogP contribution in [0.25, 0.3) is 0 Å². The standard InChI is InChI=1S/C7H9FN2.ClH/c8-7-3-6(10)2-1-5(7)4-9;/h1-3H,4,9-10H2;1H. The molecule has 0 radical (unpaired) electrons. The Morgan fingerprint density at radius 1 is 1.36 bits per heavy atom. The fraction of sp³-hybridized carbons (Fsp3) is 0.143. The SMILES string of the molecule is Cl.NCc1ccc(N)cc1F. The van der Waals surface area contributed by atoms with Gasteiger partial charge in [0.15, 0.2) is 0 Å². The van der Waals surface area contributed by atoms with Gasteiger partial charge in [0.25, 0.3) is 0 Å². The van der Waals surface area contributed by atoms with Gasteiger partial charge in [0, 0.05) is 17.8 Å². The number of benzene rings is 1. The lowest BCUT2D eigenvalue weighted by atomic mass is 10.2. The first-order valence-electron chi connectivity index (χ1n) is 2.98. The first-order chi connectivity index (χ1) is 4.74. The third-order valence-electron chi connectivity index (χ3n) is 1.30. The average molecular weight is 177 g/mol. The first kappa shape index (κ1) is 10.2. The van der Waals surface area contributed by atoms with Gasteiger partial charge in [-0.25, -0.2) is 4.39 Å². The quantitative estimate of drug-likeness (QED) is 0.634. The number of rotatable bonds is 1. The Bertz CT molecular complexity index is 240. The van der Waals surface area contributed by atoms with Crippen molar-refractivity contribution >= 4 is 18.1 Å². The Balaban J connectivity index is 0.000001000. The molecule has 62 valence electrons. The summed E-state index contributed by atoms with van der Waals surface area (Å²) in [5, 5.41) is 0. The highest BCUT2D eigenvalue weighted by molar-refractivity contribution is 5.85. The fourth-order valence-corrected chi connectivity index (χ4v) is 0.729. The zero-order valence-electron chi connectivity index (χ0n) is 5.88. The van der Waals surface area contributed by atoms with E-state index < -0.39 is 0 Å². The van der Waals surface area contributed by atoms with E-state index in [0.717, 1.165) is 0 Å². The molecule has 0 aliphatic rings. The Morgan fingerprint density at radius 2 is 2.00 bits per heavy atom. The van der Waals surface area contributed by atoms with Crippen LogP contribution >= 0.6 is 12.4 Å². The maximum absolute atomic E-state index is 12.7. The second-order valence-electron chi connectivity index (χ2n) is 2.05. The average Bonchev–Trinajstić information content (AvgIpc) is 1.88. The van der Waals surface area contributed by atoms with Crippen molar-refractivity contribution in [3.63, 3.8) is 0 Å². The van der Waals surface area contributed by atoms with Gasteiger partial charge < -0.3 is 11.5 Å². The fourth-order valence-electron chi connectivity index (χ4n) is 0.729. The maximum Gasteiger partial charge on any atom is 0.129 e. The van der Waals surface area contributed by atoms with E-state index in [1.165, 1.54) is 6.07 Å². The van der Waals surface area contributed by atoms with E-state index in [2.05, 4.69) is 0 Å². The summed E-state index contributed by atoms with van der Waals surface area (Å²) < 4.78 is 12.7. The molecule has 0 heterocycles. The number of hydrogen-bond acceptors (Lipinski definition) is 2. The monoisotopic (exact) mass is 176 g/mol. The lowest BCUT2D eigenvalue weighted by molar-refractivity contribution is 0.611. The molecule has 0 atom stereocenters. The molecular weight excluding hydrogens is 167 g/mol. The van der Waals surface area contributed by atoms with Crippen molar-refractivity contribution in [3.8, 4) is 0 Å². The van der Waals surface area contributed by atoms with Gasteiger partial charge in [-0.1, -0.05) is 6.07 Å². The van der Waals surface area contributed by atoms with Crippen molar-refractivity contribution < 1.29 is 4.39 Å². The molecule has 1 aromatic rings. The van der Waals surface area contributed by atoms with Crippen LogP contribution in [0.4, 0.5) is 10.1 Å². The molecule has 1 aromatic carbocycles. The minimum absolute atomic E-state index is 0. The van der Waals surface area contributed by atoms with Crippen LogP contribution in [-0.4, -0.2) is 0 Å². The molecule has 0 saturated carbocycles. The number of nitrogens with two attached hydrogens (primary N) is 2. The first-order valence-corrected chi connectivity index (χ1v) is 2.98. The number of hydrogen-bond donors (Lipinski definition) is 2. The summed E-state index contributed by atoms with van der Waals surface area (Å²) >= 11 is 0. The molecule has 0 bridgehead atoms. The molecule has 0 saturated heterocycles. The van der Waals surface area contributed by atoms with Crippen molar-refractivity contribution in [2.24, 2.45) is 5.73 Å². The van der Waals surface area contributed by atoms with Crippen LogP contribution < -0.4 is 11.5 Å². The summed E-state index contributed by atoms with van der Waals surface area (Å²) in [6, 6.07) is 4.48. The molecule has 0 spiro atoms. The minimum atomic E-state index is -0.331. The van der Waals surface area contributed by atoms with Gasteiger partial charge in [-0.15, -0.1) is 12.4 Å². The van der Waals surface area contributed by atoms with Crippen molar-refractivity contribution in [3.05, 3.63) is 29.6 Å². The maximum atomic E-state index is 12.7. The largest absolute Gasteiger partial charge is 0.399 e. The highest BCUT2D eigenvalue weighted by atomic mass is 35.5. The summed E-state index contributed by atoms with van der Waals surface area (Å²) in [5.74, 6) is -0.331. The van der Waals surface area contributed by atoms with Gasteiger partial charge in [0.2, 0.25) is 0 Å². The topological polar surface area (TPSA) is 52.0 Å². The van der Waals surface area contributed by atoms with E-state index in [9.17, 15) is 4.39 Å². The van der Waals surface area contributed by atoms with Crippen LogP contribution in [0.2, 0.25) is 0 Å². The van der Waals surface area contributed by atoms with E-state index in [1.807, 2.05) is 0 Å². The van der Waals surface area contributed by atoms with E-state index in [1.54, 1.807) is 12.1 Å². The third-order valence-corrected chi connectivity index (χ3v) is 1.30. The van der Waals surface area contributed by atoms with Gasteiger partial charge in [0.05, 0.1) is 0 Å². The van der Waals surface area contributed by atoms with E-state index in [-0.39, 0.29) is 24.8 Å². The van der Waals surface area contributed by atoms with Gasteiger partial charge in [-0.05, 0) is 12.1 Å². The van der Waals surface area contributed by atoms with E-state index in [4.69, 9.17) is 11.5 Å². The van der Waals surface area contributed by atoms with Crippen LogP contribution in [0, 0.1) is 5.82 Å². The normalized spacial score (nSPS) is 8.91. The van der Waals surface area contributed by atoms with E-state index >= 15 is 0 Å². The second kappa shape index (κ2) is 4.16. The molecule has 4 N–H and O–H groups in total. The number of anilines is 1. The molecule has 0 unspecified atom stereocenters. The molecule has 4 heteroatoms. The zero-order chi connectivity index (χ0) is 7.56. The minimum Gasteiger partial charge on any atom is -0.399 e. The number of halogens is 2. The summed E-state index contributed by atoms with van der Waals surface area (Å²) in [6.07, 6.45) is 0. The van der Waals surface area contributed by atoms with Crippen LogP contribution in [0.5, 0.6) is 0 Å². The van der Waals surface area contributed by atoms with Crippen molar-refractivity contribution in [2.75, 3.05) is 5.73 Å². The zero-order valence-corrected chi connectivity index (χ0v) is 6.70. The Labute approximate surface area is 70.8 Å². The van der Waals surface area contributed by atoms with Crippen molar-refractivity contribution in [1.82, 2.24) is 0 Å². The van der Waals surface area contributed by atoms with Crippen molar-refractivity contribution in [2.45, 2.75) is 6.54 Å². The third kappa shape index (κ3) is 2.37. The van der Waals surface area contributed by atoms with Gasteiger partial charge in [0.1, 0.15) is 5.82 Å². The van der Waals surface area contributed by atoms with E-state index in [0.29, 0.717) is 11.3 Å². The van der Waals surface area contributed by atoms with Crippen LogP contribution in [0.3, 0.4) is 0 Å². The highest BCUT2D eigenvalue weighted by Gasteiger charge is 1.97. The molecule has 1 rings (SSSR count). The Morgan fingerprint density at radius 3 is 2.45 bits per heavy atom. The van der Waals surface area contributed by atoms with Crippen LogP contribution in [0.15, 0.2) is 18.2 Å².